The highest BCUT2D eigenvalue weighted by Gasteiger charge is 2.21. The predicted molar refractivity (Wildman–Crippen MR) is 104 cm³/mol. The molecule has 1 aliphatic carbocycles. The van der Waals surface area contributed by atoms with Gasteiger partial charge >= 0.3 is 0 Å². The first-order chi connectivity index (χ1) is 12.7. The van der Waals surface area contributed by atoms with Gasteiger partial charge < -0.3 is 0 Å². The minimum Gasteiger partial charge on any atom is -0.207 e. The summed E-state index contributed by atoms with van der Waals surface area (Å²) in [7, 11) is 0. The Morgan fingerprint density at radius 1 is 0.885 bits per heavy atom. The van der Waals surface area contributed by atoms with E-state index < -0.39 is 0 Å². The lowest BCUT2D eigenvalue weighted by Crippen LogP contribution is -2.11. The third-order valence-corrected chi connectivity index (χ3v) is 5.69. The third kappa shape index (κ3) is 3.16. The van der Waals surface area contributed by atoms with Crippen molar-refractivity contribution < 1.29 is 8.78 Å². The van der Waals surface area contributed by atoms with E-state index in [9.17, 15) is 4.39 Å². The van der Waals surface area contributed by atoms with Crippen LogP contribution < -0.4 is 0 Å². The molecule has 1 saturated carbocycles. The van der Waals surface area contributed by atoms with Crippen LogP contribution in [-0.4, -0.2) is 0 Å². The van der Waals surface area contributed by atoms with Gasteiger partial charge in [-0.25, -0.2) is 8.78 Å². The highest BCUT2D eigenvalue weighted by Crippen LogP contribution is 2.38. The number of halogens is 2. The summed E-state index contributed by atoms with van der Waals surface area (Å²) in [6.45, 7) is 3.91. The van der Waals surface area contributed by atoms with Crippen LogP contribution in [0.15, 0.2) is 67.3 Å². The van der Waals surface area contributed by atoms with Gasteiger partial charge in [0.05, 0.1) is 0 Å². The van der Waals surface area contributed by atoms with Gasteiger partial charge in [-0.05, 0) is 66.2 Å². The van der Waals surface area contributed by atoms with Crippen molar-refractivity contribution in [1.29, 1.82) is 0 Å². The van der Waals surface area contributed by atoms with Crippen LogP contribution in [0.3, 0.4) is 0 Å². The lowest BCUT2D eigenvalue weighted by Gasteiger charge is -2.27. The molecule has 0 nitrogen and oxygen atoms in total. The van der Waals surface area contributed by atoms with Crippen molar-refractivity contribution in [3.63, 3.8) is 0 Å². The molecule has 0 saturated heterocycles. The number of hydrogen-bond acceptors (Lipinski definition) is 0. The van der Waals surface area contributed by atoms with Crippen molar-refractivity contribution in [1.82, 2.24) is 0 Å². The van der Waals surface area contributed by atoms with Crippen molar-refractivity contribution in [3.05, 3.63) is 84.5 Å². The van der Waals surface area contributed by atoms with Crippen LogP contribution in [0.5, 0.6) is 0 Å². The largest absolute Gasteiger partial charge is 0.207 e. The van der Waals surface area contributed by atoms with E-state index in [1.54, 1.807) is 18.2 Å². The van der Waals surface area contributed by atoms with Crippen LogP contribution in [0.2, 0.25) is 0 Å². The molecule has 0 radical (unpaired) electrons. The number of benzene rings is 3. The molecule has 1 fully saturated rings. The molecule has 0 spiro atoms. The fraction of sp³-hybridized carbons (Fsp3) is 0.250. The second-order valence-corrected chi connectivity index (χ2v) is 7.27. The standard InChI is InChI=1S/C24H22F2/c1-2-16-6-8-17(9-7-16)18-10-12-23-20(14-18)11-13-22(24(23)26)19-4-3-5-21(25)15-19/h2-5,10-17H,1,6-9H2/t16-,17-. The van der Waals surface area contributed by atoms with Crippen molar-refractivity contribution in [2.24, 2.45) is 5.92 Å². The first kappa shape index (κ1) is 17.0. The number of allylic oxidation sites excluding steroid dienone is 1. The summed E-state index contributed by atoms with van der Waals surface area (Å²) in [5, 5.41) is 1.50. The lowest BCUT2D eigenvalue weighted by atomic mass is 9.78. The van der Waals surface area contributed by atoms with Gasteiger partial charge in [0.2, 0.25) is 0 Å². The summed E-state index contributed by atoms with van der Waals surface area (Å²) in [5.41, 5.74) is 2.30. The molecule has 0 amide bonds. The average molecular weight is 348 g/mol. The van der Waals surface area contributed by atoms with Gasteiger partial charge in [0, 0.05) is 10.9 Å². The monoisotopic (exact) mass is 348 g/mol. The molecule has 4 rings (SSSR count). The smallest absolute Gasteiger partial charge is 0.138 e. The summed E-state index contributed by atoms with van der Waals surface area (Å²) >= 11 is 0. The van der Waals surface area contributed by atoms with Crippen molar-refractivity contribution >= 4 is 10.8 Å². The van der Waals surface area contributed by atoms with Gasteiger partial charge in [0.25, 0.3) is 0 Å². The third-order valence-electron chi connectivity index (χ3n) is 5.69. The van der Waals surface area contributed by atoms with E-state index in [-0.39, 0.29) is 11.6 Å². The van der Waals surface area contributed by atoms with Crippen LogP contribution in [-0.2, 0) is 0 Å². The fourth-order valence-electron chi connectivity index (χ4n) is 4.13. The molecule has 0 atom stereocenters. The van der Waals surface area contributed by atoms with Crippen LogP contribution >= 0.6 is 0 Å². The Morgan fingerprint density at radius 3 is 2.42 bits per heavy atom. The summed E-state index contributed by atoms with van der Waals surface area (Å²) in [5.74, 6) is 0.544. The zero-order valence-electron chi connectivity index (χ0n) is 14.7. The van der Waals surface area contributed by atoms with E-state index in [4.69, 9.17) is 0 Å². The molecule has 3 aromatic carbocycles. The maximum Gasteiger partial charge on any atom is 0.138 e. The SMILES string of the molecule is C=C[C@H]1CC[C@H](c2ccc3c(F)c(-c4cccc(F)c4)ccc3c2)CC1. The van der Waals surface area contributed by atoms with Crippen molar-refractivity contribution in [2.75, 3.05) is 0 Å². The molecule has 3 aromatic rings. The van der Waals surface area contributed by atoms with E-state index in [2.05, 4.69) is 24.8 Å². The van der Waals surface area contributed by atoms with Crippen molar-refractivity contribution in [3.8, 4) is 11.1 Å². The zero-order valence-corrected chi connectivity index (χ0v) is 14.7. The Bertz CT molecular complexity index is 950. The predicted octanol–water partition coefficient (Wildman–Crippen LogP) is 7.24. The second-order valence-electron chi connectivity index (χ2n) is 7.27. The molecule has 0 N–H and O–H groups in total. The Balaban J connectivity index is 1.68. The Morgan fingerprint density at radius 2 is 1.69 bits per heavy atom. The van der Waals surface area contributed by atoms with Gasteiger partial charge in [-0.3, -0.25) is 0 Å². The van der Waals surface area contributed by atoms with Gasteiger partial charge in [-0.1, -0.05) is 48.5 Å². The first-order valence-corrected chi connectivity index (χ1v) is 9.26. The van der Waals surface area contributed by atoms with Crippen LogP contribution in [0.4, 0.5) is 8.78 Å². The molecule has 0 heterocycles. The molecule has 0 aromatic heterocycles. The first-order valence-electron chi connectivity index (χ1n) is 9.26. The van der Waals surface area contributed by atoms with Crippen LogP contribution in [0.1, 0.15) is 37.2 Å². The van der Waals surface area contributed by atoms with E-state index in [1.165, 1.54) is 30.5 Å². The highest BCUT2D eigenvalue weighted by atomic mass is 19.1. The van der Waals surface area contributed by atoms with Crippen LogP contribution in [0.25, 0.3) is 21.9 Å². The average Bonchev–Trinajstić information content (AvgIpc) is 2.68. The number of hydrogen-bond donors (Lipinski definition) is 0. The second kappa shape index (κ2) is 7.03. The maximum atomic E-state index is 15.0. The Hall–Kier alpha value is -2.48. The van der Waals surface area contributed by atoms with E-state index in [1.807, 2.05) is 12.1 Å². The minimum atomic E-state index is -0.354. The lowest BCUT2D eigenvalue weighted by molar-refractivity contribution is 0.376. The van der Waals surface area contributed by atoms with Gasteiger partial charge in [-0.15, -0.1) is 6.58 Å². The molecule has 0 aliphatic heterocycles. The number of fused-ring (bicyclic) bond motifs is 1. The molecule has 1 aliphatic rings. The fourth-order valence-corrected chi connectivity index (χ4v) is 4.13. The highest BCUT2D eigenvalue weighted by molar-refractivity contribution is 5.88. The zero-order chi connectivity index (χ0) is 18.1. The summed E-state index contributed by atoms with van der Waals surface area (Å²) in [4.78, 5) is 0. The van der Waals surface area contributed by atoms with Crippen molar-refractivity contribution in [2.45, 2.75) is 31.6 Å². The summed E-state index contributed by atoms with van der Waals surface area (Å²) in [6, 6.07) is 15.8. The minimum absolute atomic E-state index is 0.282. The molecule has 0 bridgehead atoms. The normalized spacial score (nSPS) is 20.2. The Kier molecular flexibility index (Phi) is 4.58. The van der Waals surface area contributed by atoms with E-state index in [0.29, 0.717) is 28.3 Å². The Labute approximate surface area is 153 Å². The summed E-state index contributed by atoms with van der Waals surface area (Å²) in [6.07, 6.45) is 6.75. The number of rotatable bonds is 3. The molecular formula is C24H22F2. The summed E-state index contributed by atoms with van der Waals surface area (Å²) < 4.78 is 28.5. The maximum absolute atomic E-state index is 15.0. The van der Waals surface area contributed by atoms with Gasteiger partial charge in [0.15, 0.2) is 0 Å². The molecule has 2 heteroatoms. The van der Waals surface area contributed by atoms with E-state index in [0.717, 1.165) is 18.2 Å². The quantitative estimate of drug-likeness (QED) is 0.437. The molecule has 26 heavy (non-hydrogen) atoms. The topological polar surface area (TPSA) is 0 Å². The van der Waals surface area contributed by atoms with Gasteiger partial charge in [-0.2, -0.15) is 0 Å². The van der Waals surface area contributed by atoms with Crippen LogP contribution in [0, 0.1) is 17.6 Å². The molecule has 132 valence electrons. The van der Waals surface area contributed by atoms with E-state index >= 15 is 4.39 Å². The molecule has 0 unspecified atom stereocenters. The molecular weight excluding hydrogens is 326 g/mol. The van der Waals surface area contributed by atoms with Gasteiger partial charge in [0.1, 0.15) is 11.6 Å².